The zero-order valence-electron chi connectivity index (χ0n) is 10.8. The summed E-state index contributed by atoms with van der Waals surface area (Å²) < 4.78 is 16.1. The summed E-state index contributed by atoms with van der Waals surface area (Å²) in [6, 6.07) is 5.30. The van der Waals surface area contributed by atoms with Crippen molar-refractivity contribution in [2.24, 2.45) is 0 Å². The third-order valence-electron chi connectivity index (χ3n) is 2.84. The standard InChI is InChI=1S/C14H18FN3/c1-3-7-18-8-6-17-14(18)12-5-4-11(10-16-2)9-13(12)15/h4-6,8-9,16H,3,7,10H2,1-2H3. The molecule has 0 fully saturated rings. The molecule has 0 unspecified atom stereocenters. The van der Waals surface area contributed by atoms with Gasteiger partial charge in [-0.15, -0.1) is 0 Å². The van der Waals surface area contributed by atoms with E-state index in [0.29, 0.717) is 17.9 Å². The maximum Gasteiger partial charge on any atom is 0.142 e. The van der Waals surface area contributed by atoms with E-state index >= 15 is 0 Å². The van der Waals surface area contributed by atoms with Crippen LogP contribution in [0.5, 0.6) is 0 Å². The molecule has 96 valence electrons. The van der Waals surface area contributed by atoms with Crippen LogP contribution < -0.4 is 5.32 Å². The molecular formula is C14H18FN3. The van der Waals surface area contributed by atoms with Gasteiger partial charge in [-0.05, 0) is 31.2 Å². The fourth-order valence-electron chi connectivity index (χ4n) is 2.03. The van der Waals surface area contributed by atoms with E-state index < -0.39 is 0 Å². The van der Waals surface area contributed by atoms with Gasteiger partial charge in [0.2, 0.25) is 0 Å². The minimum atomic E-state index is -0.216. The summed E-state index contributed by atoms with van der Waals surface area (Å²) in [7, 11) is 1.85. The molecule has 3 nitrogen and oxygen atoms in total. The number of nitrogens with one attached hydrogen (secondary N) is 1. The Labute approximate surface area is 107 Å². The van der Waals surface area contributed by atoms with Crippen LogP contribution in [0.1, 0.15) is 18.9 Å². The topological polar surface area (TPSA) is 29.9 Å². The number of hydrogen-bond acceptors (Lipinski definition) is 2. The predicted molar refractivity (Wildman–Crippen MR) is 70.7 cm³/mol. The first-order chi connectivity index (χ1) is 8.76. The molecule has 0 amide bonds. The number of rotatable bonds is 5. The van der Waals surface area contributed by atoms with Crippen molar-refractivity contribution in [3.63, 3.8) is 0 Å². The highest BCUT2D eigenvalue weighted by atomic mass is 19.1. The van der Waals surface area contributed by atoms with Crippen LogP contribution in [0.3, 0.4) is 0 Å². The van der Waals surface area contributed by atoms with Crippen molar-refractivity contribution in [2.45, 2.75) is 26.4 Å². The van der Waals surface area contributed by atoms with Crippen LogP contribution in [0.4, 0.5) is 4.39 Å². The number of aromatic nitrogens is 2. The number of aryl methyl sites for hydroxylation is 1. The first-order valence-electron chi connectivity index (χ1n) is 6.20. The molecule has 4 heteroatoms. The summed E-state index contributed by atoms with van der Waals surface area (Å²) in [5, 5.41) is 3.01. The van der Waals surface area contributed by atoms with Crippen LogP contribution in [0.15, 0.2) is 30.6 Å². The molecule has 0 radical (unpaired) electrons. The summed E-state index contributed by atoms with van der Waals surface area (Å²) in [4.78, 5) is 4.25. The molecule has 1 heterocycles. The molecular weight excluding hydrogens is 229 g/mol. The number of nitrogens with zero attached hydrogens (tertiary/aromatic N) is 2. The molecule has 2 rings (SSSR count). The molecule has 0 atom stereocenters. The van der Waals surface area contributed by atoms with Crippen molar-refractivity contribution in [3.8, 4) is 11.4 Å². The van der Waals surface area contributed by atoms with Crippen molar-refractivity contribution in [2.75, 3.05) is 7.05 Å². The van der Waals surface area contributed by atoms with Crippen molar-refractivity contribution in [1.82, 2.24) is 14.9 Å². The quantitative estimate of drug-likeness (QED) is 0.880. The normalized spacial score (nSPS) is 10.8. The Kier molecular flexibility index (Phi) is 4.10. The first kappa shape index (κ1) is 12.8. The second kappa shape index (κ2) is 5.78. The van der Waals surface area contributed by atoms with E-state index in [1.165, 1.54) is 0 Å². The van der Waals surface area contributed by atoms with Crippen LogP contribution in [0, 0.1) is 5.82 Å². The van der Waals surface area contributed by atoms with Gasteiger partial charge in [0.25, 0.3) is 0 Å². The molecule has 0 aliphatic rings. The fourth-order valence-corrected chi connectivity index (χ4v) is 2.03. The van der Waals surface area contributed by atoms with Crippen molar-refractivity contribution >= 4 is 0 Å². The van der Waals surface area contributed by atoms with Crippen LogP contribution in [-0.4, -0.2) is 16.6 Å². The van der Waals surface area contributed by atoms with E-state index in [1.54, 1.807) is 18.3 Å². The summed E-state index contributed by atoms with van der Waals surface area (Å²) in [6.45, 7) is 3.61. The van der Waals surface area contributed by atoms with Gasteiger partial charge in [0.1, 0.15) is 11.6 Å². The largest absolute Gasteiger partial charge is 0.331 e. The highest BCUT2D eigenvalue weighted by Crippen LogP contribution is 2.22. The second-order valence-corrected chi connectivity index (χ2v) is 4.29. The fraction of sp³-hybridized carbons (Fsp3) is 0.357. The van der Waals surface area contributed by atoms with Gasteiger partial charge in [-0.2, -0.15) is 0 Å². The third-order valence-corrected chi connectivity index (χ3v) is 2.84. The Morgan fingerprint density at radius 2 is 2.22 bits per heavy atom. The number of halogens is 1. The highest BCUT2D eigenvalue weighted by Gasteiger charge is 2.11. The zero-order chi connectivity index (χ0) is 13.0. The molecule has 0 saturated heterocycles. The summed E-state index contributed by atoms with van der Waals surface area (Å²) in [5.74, 6) is 0.483. The minimum Gasteiger partial charge on any atom is -0.331 e. The number of imidazole rings is 1. The van der Waals surface area contributed by atoms with Crippen molar-refractivity contribution in [3.05, 3.63) is 42.0 Å². The van der Waals surface area contributed by atoms with E-state index in [0.717, 1.165) is 18.5 Å². The van der Waals surface area contributed by atoms with Crippen LogP contribution >= 0.6 is 0 Å². The molecule has 0 aliphatic heterocycles. The second-order valence-electron chi connectivity index (χ2n) is 4.29. The Hall–Kier alpha value is -1.68. The van der Waals surface area contributed by atoms with Gasteiger partial charge in [-0.3, -0.25) is 0 Å². The molecule has 0 saturated carbocycles. The number of hydrogen-bond donors (Lipinski definition) is 1. The maximum absolute atomic E-state index is 14.1. The smallest absolute Gasteiger partial charge is 0.142 e. The van der Waals surface area contributed by atoms with Crippen LogP contribution in [0.2, 0.25) is 0 Å². The lowest BCUT2D eigenvalue weighted by Gasteiger charge is -2.08. The van der Waals surface area contributed by atoms with Gasteiger partial charge in [0, 0.05) is 25.5 Å². The molecule has 1 N–H and O–H groups in total. The summed E-state index contributed by atoms with van der Waals surface area (Å²) in [6.07, 6.45) is 4.61. The molecule has 1 aromatic carbocycles. The molecule has 1 aromatic heterocycles. The maximum atomic E-state index is 14.1. The van der Waals surface area contributed by atoms with E-state index in [2.05, 4.69) is 17.2 Å². The average molecular weight is 247 g/mol. The first-order valence-corrected chi connectivity index (χ1v) is 6.20. The zero-order valence-corrected chi connectivity index (χ0v) is 10.8. The minimum absolute atomic E-state index is 0.216. The lowest BCUT2D eigenvalue weighted by Crippen LogP contribution is -2.06. The Morgan fingerprint density at radius 1 is 1.39 bits per heavy atom. The Balaban J connectivity index is 2.35. The van der Waals surface area contributed by atoms with Gasteiger partial charge in [0.15, 0.2) is 0 Å². The van der Waals surface area contributed by atoms with E-state index in [1.807, 2.05) is 23.9 Å². The van der Waals surface area contributed by atoms with E-state index in [9.17, 15) is 4.39 Å². The summed E-state index contributed by atoms with van der Waals surface area (Å²) >= 11 is 0. The van der Waals surface area contributed by atoms with Crippen LogP contribution in [-0.2, 0) is 13.1 Å². The van der Waals surface area contributed by atoms with Gasteiger partial charge in [0.05, 0.1) is 5.56 Å². The third kappa shape index (κ3) is 2.59. The predicted octanol–water partition coefficient (Wildman–Crippen LogP) is 2.82. The molecule has 2 aromatic rings. The Morgan fingerprint density at radius 3 is 2.89 bits per heavy atom. The van der Waals surface area contributed by atoms with E-state index in [4.69, 9.17) is 0 Å². The monoisotopic (exact) mass is 247 g/mol. The van der Waals surface area contributed by atoms with Gasteiger partial charge in [-0.1, -0.05) is 13.0 Å². The van der Waals surface area contributed by atoms with Crippen molar-refractivity contribution in [1.29, 1.82) is 0 Å². The number of benzene rings is 1. The molecule has 18 heavy (non-hydrogen) atoms. The SMILES string of the molecule is CCCn1ccnc1-c1ccc(CNC)cc1F. The van der Waals surface area contributed by atoms with E-state index in [-0.39, 0.29) is 5.82 Å². The van der Waals surface area contributed by atoms with Crippen molar-refractivity contribution < 1.29 is 4.39 Å². The Bertz CT molecular complexity index is 520. The molecule has 0 aliphatic carbocycles. The summed E-state index contributed by atoms with van der Waals surface area (Å²) in [5.41, 5.74) is 1.50. The average Bonchev–Trinajstić information content (AvgIpc) is 2.78. The molecule has 0 bridgehead atoms. The molecule has 0 spiro atoms. The van der Waals surface area contributed by atoms with Gasteiger partial charge < -0.3 is 9.88 Å². The highest BCUT2D eigenvalue weighted by molar-refractivity contribution is 5.57. The van der Waals surface area contributed by atoms with Crippen LogP contribution in [0.25, 0.3) is 11.4 Å². The van der Waals surface area contributed by atoms with Gasteiger partial charge >= 0.3 is 0 Å². The lowest BCUT2D eigenvalue weighted by molar-refractivity contribution is 0.620. The lowest BCUT2D eigenvalue weighted by atomic mass is 10.1. The van der Waals surface area contributed by atoms with Gasteiger partial charge in [-0.25, -0.2) is 9.37 Å².